The van der Waals surface area contributed by atoms with E-state index in [-0.39, 0.29) is 0 Å². The molecule has 1 heterocycles. The molecule has 0 atom stereocenters. The molecule has 0 bridgehead atoms. The van der Waals surface area contributed by atoms with Crippen LogP contribution in [0.3, 0.4) is 0 Å². The topological polar surface area (TPSA) is 43.8 Å². The van der Waals surface area contributed by atoms with Gasteiger partial charge in [-0.2, -0.15) is 18.3 Å². The molecule has 0 saturated carbocycles. The maximum absolute atomic E-state index is 12.1. The lowest BCUT2D eigenvalue weighted by atomic mass is 10.1. The molecule has 0 aliphatic rings. The molecule has 90 valence electrons. The summed E-state index contributed by atoms with van der Waals surface area (Å²) < 4.78 is 37.3. The minimum absolute atomic E-state index is 0.513. The zero-order valence-electron chi connectivity index (χ0n) is 8.78. The highest BCUT2D eigenvalue weighted by molar-refractivity contribution is 5.75. The summed E-state index contributed by atoms with van der Waals surface area (Å²) in [5.41, 5.74) is 7.50. The Balaban J connectivity index is 2.28. The van der Waals surface area contributed by atoms with Crippen molar-refractivity contribution in [1.82, 2.24) is 9.78 Å². The number of nitrogens with two attached hydrogens (primary N) is 1. The Morgan fingerprint density at radius 2 is 1.94 bits per heavy atom. The fourth-order valence-electron chi connectivity index (χ4n) is 1.53. The molecule has 3 nitrogen and oxygen atoms in total. The van der Waals surface area contributed by atoms with Crippen molar-refractivity contribution in [2.45, 2.75) is 12.7 Å². The third-order valence-corrected chi connectivity index (χ3v) is 2.25. The second-order valence-corrected chi connectivity index (χ2v) is 3.63. The number of anilines is 1. The van der Waals surface area contributed by atoms with Crippen molar-refractivity contribution in [2.75, 3.05) is 5.73 Å². The summed E-state index contributed by atoms with van der Waals surface area (Å²) in [4.78, 5) is 0. The standard InChI is InChI=1S/C11H10F3N3/c12-11(13,14)7-17-6-8(5-16-17)9-3-1-2-4-10(9)15/h1-6H,7,15H2. The number of hydrogen-bond donors (Lipinski definition) is 1. The largest absolute Gasteiger partial charge is 0.408 e. The Kier molecular flexibility index (Phi) is 2.79. The molecule has 2 N–H and O–H groups in total. The first-order valence-corrected chi connectivity index (χ1v) is 4.90. The van der Waals surface area contributed by atoms with Crippen molar-refractivity contribution in [1.29, 1.82) is 0 Å². The quantitative estimate of drug-likeness (QED) is 0.821. The molecule has 1 aromatic heterocycles. The molecule has 0 aliphatic carbocycles. The van der Waals surface area contributed by atoms with E-state index in [1.807, 2.05) is 0 Å². The van der Waals surface area contributed by atoms with E-state index in [2.05, 4.69) is 5.10 Å². The van der Waals surface area contributed by atoms with Crippen molar-refractivity contribution in [3.05, 3.63) is 36.7 Å². The molecular formula is C11H10F3N3. The highest BCUT2D eigenvalue weighted by Gasteiger charge is 2.28. The zero-order valence-corrected chi connectivity index (χ0v) is 8.78. The van der Waals surface area contributed by atoms with Gasteiger partial charge in [0.15, 0.2) is 0 Å². The SMILES string of the molecule is Nc1ccccc1-c1cnn(CC(F)(F)F)c1. The molecular weight excluding hydrogens is 231 g/mol. The monoisotopic (exact) mass is 241 g/mol. The molecule has 17 heavy (non-hydrogen) atoms. The van der Waals surface area contributed by atoms with Gasteiger partial charge in [-0.3, -0.25) is 4.68 Å². The lowest BCUT2D eigenvalue weighted by Gasteiger charge is -2.05. The Morgan fingerprint density at radius 3 is 2.59 bits per heavy atom. The van der Waals surface area contributed by atoms with E-state index in [0.29, 0.717) is 16.8 Å². The number of halogens is 3. The van der Waals surface area contributed by atoms with Crippen LogP contribution in [0.5, 0.6) is 0 Å². The molecule has 0 saturated heterocycles. The first-order chi connectivity index (χ1) is 7.96. The molecule has 2 rings (SSSR count). The summed E-state index contributed by atoms with van der Waals surface area (Å²) >= 11 is 0. The maximum Gasteiger partial charge on any atom is 0.408 e. The molecule has 0 fully saturated rings. The summed E-state index contributed by atoms with van der Waals surface area (Å²) in [5.74, 6) is 0. The van der Waals surface area contributed by atoms with E-state index < -0.39 is 12.7 Å². The van der Waals surface area contributed by atoms with Gasteiger partial charge in [-0.1, -0.05) is 18.2 Å². The molecule has 6 heteroatoms. The Labute approximate surface area is 95.7 Å². The predicted molar refractivity (Wildman–Crippen MR) is 58.1 cm³/mol. The molecule has 0 spiro atoms. The lowest BCUT2D eigenvalue weighted by Crippen LogP contribution is -2.17. The van der Waals surface area contributed by atoms with E-state index >= 15 is 0 Å². The predicted octanol–water partition coefficient (Wildman–Crippen LogP) is 2.69. The smallest absolute Gasteiger partial charge is 0.398 e. The van der Waals surface area contributed by atoms with Crippen molar-refractivity contribution < 1.29 is 13.2 Å². The summed E-state index contributed by atoms with van der Waals surface area (Å²) in [6, 6.07) is 6.96. The van der Waals surface area contributed by atoms with Crippen molar-refractivity contribution in [3.63, 3.8) is 0 Å². The second-order valence-electron chi connectivity index (χ2n) is 3.63. The summed E-state index contributed by atoms with van der Waals surface area (Å²) in [6.07, 6.45) is -1.57. The third-order valence-electron chi connectivity index (χ3n) is 2.25. The Bertz CT molecular complexity index is 517. The van der Waals surface area contributed by atoms with E-state index in [1.54, 1.807) is 24.3 Å². The number of benzene rings is 1. The van der Waals surface area contributed by atoms with Crippen LogP contribution in [0.15, 0.2) is 36.7 Å². The van der Waals surface area contributed by atoms with Gasteiger partial charge in [0.2, 0.25) is 0 Å². The summed E-state index contributed by atoms with van der Waals surface area (Å²) in [5, 5.41) is 3.66. The first-order valence-electron chi connectivity index (χ1n) is 4.90. The van der Waals surface area contributed by atoms with Crippen LogP contribution in [0.2, 0.25) is 0 Å². The molecule has 1 aromatic carbocycles. The number of rotatable bonds is 2. The minimum Gasteiger partial charge on any atom is -0.398 e. The van der Waals surface area contributed by atoms with Crippen molar-refractivity contribution in [3.8, 4) is 11.1 Å². The van der Waals surface area contributed by atoms with Gasteiger partial charge < -0.3 is 5.73 Å². The number of nitrogens with zero attached hydrogens (tertiary/aromatic N) is 2. The van der Waals surface area contributed by atoms with Crippen LogP contribution < -0.4 is 5.73 Å². The van der Waals surface area contributed by atoms with E-state index in [0.717, 1.165) is 4.68 Å². The fourth-order valence-corrected chi connectivity index (χ4v) is 1.53. The van der Waals surface area contributed by atoms with E-state index in [4.69, 9.17) is 5.73 Å². The average molecular weight is 241 g/mol. The second kappa shape index (κ2) is 4.12. The van der Waals surface area contributed by atoms with Gasteiger partial charge in [0.05, 0.1) is 6.20 Å². The lowest BCUT2D eigenvalue weighted by molar-refractivity contribution is -0.142. The number of hydrogen-bond acceptors (Lipinski definition) is 2. The minimum atomic E-state index is -4.27. The van der Waals surface area contributed by atoms with Crippen molar-refractivity contribution >= 4 is 5.69 Å². The van der Waals surface area contributed by atoms with E-state index in [9.17, 15) is 13.2 Å². The van der Waals surface area contributed by atoms with Gasteiger partial charge in [-0.05, 0) is 6.07 Å². The molecule has 0 aliphatic heterocycles. The van der Waals surface area contributed by atoms with Crippen molar-refractivity contribution in [2.24, 2.45) is 0 Å². The first kappa shape index (κ1) is 11.5. The fraction of sp³-hybridized carbons (Fsp3) is 0.182. The number of nitrogen functional groups attached to an aromatic ring is 1. The van der Waals surface area contributed by atoms with Gasteiger partial charge in [0.1, 0.15) is 6.54 Å². The van der Waals surface area contributed by atoms with Crippen LogP contribution in [0.25, 0.3) is 11.1 Å². The average Bonchev–Trinajstić information content (AvgIpc) is 2.64. The molecule has 0 amide bonds. The maximum atomic E-state index is 12.1. The highest BCUT2D eigenvalue weighted by atomic mass is 19.4. The van der Waals surface area contributed by atoms with E-state index in [1.165, 1.54) is 12.4 Å². The van der Waals surface area contributed by atoms with Gasteiger partial charge in [0, 0.05) is 23.0 Å². The van der Waals surface area contributed by atoms with Gasteiger partial charge >= 0.3 is 6.18 Å². The van der Waals surface area contributed by atoms with Crippen LogP contribution in [-0.4, -0.2) is 16.0 Å². The van der Waals surface area contributed by atoms with Crippen LogP contribution in [-0.2, 0) is 6.54 Å². The van der Waals surface area contributed by atoms with Gasteiger partial charge in [-0.15, -0.1) is 0 Å². The number of para-hydroxylation sites is 1. The number of aromatic nitrogens is 2. The van der Waals surface area contributed by atoms with Crippen LogP contribution >= 0.6 is 0 Å². The highest BCUT2D eigenvalue weighted by Crippen LogP contribution is 2.25. The zero-order chi connectivity index (χ0) is 12.5. The molecule has 0 unspecified atom stereocenters. The van der Waals surface area contributed by atoms with Gasteiger partial charge in [-0.25, -0.2) is 0 Å². The molecule has 2 aromatic rings. The molecule has 0 radical (unpaired) electrons. The summed E-state index contributed by atoms with van der Waals surface area (Å²) in [7, 11) is 0. The summed E-state index contributed by atoms with van der Waals surface area (Å²) in [6.45, 7) is -1.10. The van der Waals surface area contributed by atoms with Gasteiger partial charge in [0.25, 0.3) is 0 Å². The normalized spacial score (nSPS) is 11.7. The Morgan fingerprint density at radius 1 is 1.24 bits per heavy atom. The third kappa shape index (κ3) is 2.77. The number of alkyl halides is 3. The van der Waals surface area contributed by atoms with Crippen LogP contribution in [0, 0.1) is 0 Å². The Hall–Kier alpha value is -1.98. The van der Waals surface area contributed by atoms with Crippen LogP contribution in [0.4, 0.5) is 18.9 Å². The van der Waals surface area contributed by atoms with Crippen LogP contribution in [0.1, 0.15) is 0 Å².